The third-order valence-corrected chi connectivity index (χ3v) is 13.1. The van der Waals surface area contributed by atoms with E-state index in [2.05, 4.69) is 32.9 Å². The van der Waals surface area contributed by atoms with Crippen LogP contribution in [-0.2, 0) is 24.7 Å². The highest BCUT2D eigenvalue weighted by molar-refractivity contribution is 6.71. The summed E-state index contributed by atoms with van der Waals surface area (Å²) in [6.45, 7) is 13.5. The number of likely N-dealkylation sites (tertiary alicyclic amines) is 1. The van der Waals surface area contributed by atoms with Crippen LogP contribution >= 0.6 is 0 Å². The molecule has 1 spiro atoms. The van der Waals surface area contributed by atoms with Gasteiger partial charge in [0.15, 0.2) is 13.9 Å². The number of carbonyl (C=O) groups excluding carboxylic acids is 3. The number of nitrogens with zero attached hydrogens (tertiary/aromatic N) is 3. The minimum Gasteiger partial charge on any atom is -0.432 e. The lowest BCUT2D eigenvalue weighted by atomic mass is 9.82. The summed E-state index contributed by atoms with van der Waals surface area (Å²) in [7, 11) is -2.96. The van der Waals surface area contributed by atoms with Gasteiger partial charge in [0.25, 0.3) is 5.91 Å². The number of hydrogen-bond acceptors (Lipinski definition) is 6. The maximum absolute atomic E-state index is 14.8. The van der Waals surface area contributed by atoms with Crippen LogP contribution in [0.15, 0.2) is 41.5 Å². The molecule has 252 valence electrons. The van der Waals surface area contributed by atoms with E-state index >= 15 is 0 Å². The van der Waals surface area contributed by atoms with Crippen LogP contribution in [0.4, 0.5) is 11.4 Å². The van der Waals surface area contributed by atoms with E-state index in [9.17, 15) is 24.3 Å². The van der Waals surface area contributed by atoms with E-state index in [-0.39, 0.29) is 42.3 Å². The molecule has 1 aromatic carbocycles. The van der Waals surface area contributed by atoms with Crippen molar-refractivity contribution in [1.82, 2.24) is 4.90 Å². The average Bonchev–Trinajstić information content (AvgIpc) is 3.65. The lowest BCUT2D eigenvalue weighted by Gasteiger charge is -2.33. The molecule has 0 unspecified atom stereocenters. The van der Waals surface area contributed by atoms with Gasteiger partial charge in [-0.15, -0.1) is 0 Å². The molecule has 4 aliphatic heterocycles. The number of amides is 3. The Labute approximate surface area is 275 Å². The summed E-state index contributed by atoms with van der Waals surface area (Å²) in [6.07, 6.45) is 9.43. The summed E-state index contributed by atoms with van der Waals surface area (Å²) < 4.78 is 6.94. The van der Waals surface area contributed by atoms with E-state index in [1.807, 2.05) is 43.1 Å². The monoisotopic (exact) mass is 651 g/mol. The van der Waals surface area contributed by atoms with E-state index in [0.29, 0.717) is 31.6 Å². The van der Waals surface area contributed by atoms with Crippen molar-refractivity contribution in [1.29, 1.82) is 0 Å². The van der Waals surface area contributed by atoms with Crippen molar-refractivity contribution in [3.05, 3.63) is 47.1 Å². The molecule has 46 heavy (non-hydrogen) atoms. The Morgan fingerprint density at radius 2 is 1.87 bits per heavy atom. The number of allylic oxidation sites excluding steroid dienone is 3. The van der Waals surface area contributed by atoms with E-state index in [0.717, 1.165) is 49.9 Å². The number of aliphatic hydroxyl groups excluding tert-OH is 1. The molecule has 5 rings (SSSR count). The summed E-state index contributed by atoms with van der Waals surface area (Å²) in [5.74, 6) is -0.626. The predicted octanol–water partition coefficient (Wildman–Crippen LogP) is 5.41. The summed E-state index contributed by atoms with van der Waals surface area (Å²) in [5, 5.41) is 9.88. The standard InChI is InChI=1S/C36H53N3O6Si/c1-24(2)11-9-12-25(3)17-20-39-30-16-15-27(37-18-8-7-14-32(37)41)21-29(30)36(35(39)43)26(4)34(46(5,6)44)31(45-36)22-33(42)38-19-10-13-28(38)23-40/h11,15-17,21,26,28,31,34,40,44H,7-10,12-14,18-20,22-23H2,1-6H3/b25-17+/t26-,28-,31+,34-,36+/m0/s1. The fraction of sp³-hybridized carbons (Fsp3) is 0.639. The molecule has 4 heterocycles. The molecule has 2 N–H and O–H groups in total. The first-order valence-corrected chi connectivity index (χ1v) is 20.2. The highest BCUT2D eigenvalue weighted by Gasteiger charge is 2.66. The molecule has 10 heteroatoms. The third-order valence-electron chi connectivity index (χ3n) is 10.6. The number of benzene rings is 1. The van der Waals surface area contributed by atoms with Gasteiger partial charge in [-0.3, -0.25) is 14.4 Å². The highest BCUT2D eigenvalue weighted by Crippen LogP contribution is 2.60. The van der Waals surface area contributed by atoms with Crippen LogP contribution in [0, 0.1) is 5.92 Å². The van der Waals surface area contributed by atoms with Crippen LogP contribution in [0.2, 0.25) is 18.6 Å². The van der Waals surface area contributed by atoms with Gasteiger partial charge in [0.2, 0.25) is 11.8 Å². The SMILES string of the molecule is CC(C)=CCC/C(C)=C/CN1C(=O)[C@]2(O[C@H](CC(=O)N3CCC[C@H]3CO)[C@@H]([Si](C)(C)O)[C@@H]2C)c2cc(N3CCCCC3=O)ccc21. The minimum absolute atomic E-state index is 0.0422. The molecule has 0 saturated carbocycles. The van der Waals surface area contributed by atoms with Gasteiger partial charge in [-0.2, -0.15) is 0 Å². The van der Waals surface area contributed by atoms with Crippen LogP contribution in [-0.4, -0.2) is 79.2 Å². The van der Waals surface area contributed by atoms with E-state index in [1.54, 1.807) is 9.80 Å². The zero-order valence-corrected chi connectivity index (χ0v) is 29.6. The summed E-state index contributed by atoms with van der Waals surface area (Å²) in [4.78, 5) is 58.4. The minimum atomic E-state index is -2.96. The number of ether oxygens (including phenoxy) is 1. The quantitative estimate of drug-likeness (QED) is 0.259. The molecule has 3 saturated heterocycles. The first-order valence-electron chi connectivity index (χ1n) is 17.2. The van der Waals surface area contributed by atoms with Gasteiger partial charge in [-0.1, -0.05) is 30.2 Å². The molecule has 0 aromatic heterocycles. The van der Waals surface area contributed by atoms with Gasteiger partial charge in [-0.05, 0) is 90.6 Å². The lowest BCUT2D eigenvalue weighted by molar-refractivity contribution is -0.149. The molecule has 0 aliphatic carbocycles. The number of aliphatic hydroxyl groups is 1. The molecular formula is C36H53N3O6Si. The van der Waals surface area contributed by atoms with Gasteiger partial charge in [-0.25, -0.2) is 0 Å². The zero-order valence-electron chi connectivity index (χ0n) is 28.6. The second-order valence-corrected chi connectivity index (χ2v) is 18.6. The maximum Gasteiger partial charge on any atom is 0.264 e. The second-order valence-electron chi connectivity index (χ2n) is 14.6. The molecule has 4 aliphatic rings. The Morgan fingerprint density at radius 1 is 1.11 bits per heavy atom. The topological polar surface area (TPSA) is 111 Å². The van der Waals surface area contributed by atoms with Crippen LogP contribution < -0.4 is 9.80 Å². The van der Waals surface area contributed by atoms with E-state index < -0.39 is 25.9 Å². The molecule has 3 amide bonds. The van der Waals surface area contributed by atoms with Crippen molar-refractivity contribution in [2.45, 2.75) is 115 Å². The summed E-state index contributed by atoms with van der Waals surface area (Å²) >= 11 is 0. The number of rotatable bonds is 10. The van der Waals surface area contributed by atoms with Crippen molar-refractivity contribution in [3.63, 3.8) is 0 Å². The van der Waals surface area contributed by atoms with E-state index in [4.69, 9.17) is 4.74 Å². The number of fused-ring (bicyclic) bond motifs is 2. The maximum atomic E-state index is 14.8. The summed E-state index contributed by atoms with van der Waals surface area (Å²) in [6, 6.07) is 5.61. The Balaban J connectivity index is 1.54. The number of carbonyl (C=O) groups is 3. The molecule has 0 radical (unpaired) electrons. The van der Waals surface area contributed by atoms with Crippen LogP contribution in [0.3, 0.4) is 0 Å². The molecule has 0 bridgehead atoms. The number of piperidine rings is 1. The fourth-order valence-corrected chi connectivity index (χ4v) is 10.8. The molecular weight excluding hydrogens is 598 g/mol. The van der Waals surface area contributed by atoms with Gasteiger partial charge >= 0.3 is 0 Å². The van der Waals surface area contributed by atoms with E-state index in [1.165, 1.54) is 11.1 Å². The van der Waals surface area contributed by atoms with Crippen LogP contribution in [0.5, 0.6) is 0 Å². The van der Waals surface area contributed by atoms with Crippen molar-refractivity contribution < 1.29 is 29.0 Å². The number of hydrogen-bond donors (Lipinski definition) is 2. The van der Waals surface area contributed by atoms with Crippen molar-refractivity contribution in [3.8, 4) is 0 Å². The normalized spacial score (nSPS) is 28.4. The van der Waals surface area contributed by atoms with Crippen molar-refractivity contribution >= 4 is 37.4 Å². The third kappa shape index (κ3) is 6.50. The molecule has 9 nitrogen and oxygen atoms in total. The predicted molar refractivity (Wildman–Crippen MR) is 183 cm³/mol. The Kier molecular flexibility index (Phi) is 10.3. The second kappa shape index (κ2) is 13.7. The fourth-order valence-electron chi connectivity index (χ4n) is 8.27. The lowest BCUT2D eigenvalue weighted by Crippen LogP contribution is -2.46. The highest BCUT2D eigenvalue weighted by atomic mass is 28.4. The first kappa shape index (κ1) is 34.5. The first-order chi connectivity index (χ1) is 21.8. The average molecular weight is 652 g/mol. The molecule has 1 aromatic rings. The zero-order chi connectivity index (χ0) is 33.4. The molecule has 5 atom stereocenters. The van der Waals surface area contributed by atoms with Gasteiger partial charge in [0.1, 0.15) is 0 Å². The summed E-state index contributed by atoms with van der Waals surface area (Å²) in [5.41, 5.74) is 2.91. The molecule has 3 fully saturated rings. The van der Waals surface area contributed by atoms with Gasteiger partial charge in [0, 0.05) is 48.8 Å². The Bertz CT molecular complexity index is 1400. The van der Waals surface area contributed by atoms with Crippen molar-refractivity contribution in [2.75, 3.05) is 36.0 Å². The van der Waals surface area contributed by atoms with Gasteiger partial charge in [0.05, 0.1) is 30.9 Å². The van der Waals surface area contributed by atoms with Crippen LogP contribution in [0.25, 0.3) is 0 Å². The van der Waals surface area contributed by atoms with Crippen molar-refractivity contribution in [2.24, 2.45) is 5.92 Å². The van der Waals surface area contributed by atoms with Crippen LogP contribution in [0.1, 0.15) is 84.6 Å². The van der Waals surface area contributed by atoms with Gasteiger partial charge < -0.3 is 29.3 Å². The Hall–Kier alpha value is -2.79. The Morgan fingerprint density at radius 3 is 2.54 bits per heavy atom. The largest absolute Gasteiger partial charge is 0.432 e. The number of anilines is 2. The smallest absolute Gasteiger partial charge is 0.264 e.